The molecular weight excluding hydrogens is 354 g/mol. The predicted molar refractivity (Wildman–Crippen MR) is 90.3 cm³/mol. The van der Waals surface area contributed by atoms with Crippen LogP contribution in [0.4, 0.5) is 5.69 Å². The first-order valence-corrected chi connectivity index (χ1v) is 8.09. The lowest BCUT2D eigenvalue weighted by Crippen LogP contribution is -2.08. The van der Waals surface area contributed by atoms with Gasteiger partial charge in [-0.05, 0) is 41.4 Å². The van der Waals surface area contributed by atoms with Crippen LogP contribution in [0.1, 0.15) is 25.2 Å². The van der Waals surface area contributed by atoms with Gasteiger partial charge in [0.25, 0.3) is 0 Å². The minimum absolute atomic E-state index is 0.629. The molecule has 21 heavy (non-hydrogen) atoms. The van der Waals surface area contributed by atoms with E-state index < -0.39 is 0 Å². The zero-order chi connectivity index (χ0) is 15.4. The zero-order valence-corrected chi connectivity index (χ0v) is 14.8. The third-order valence-corrected chi connectivity index (χ3v) is 4.40. The first-order chi connectivity index (χ1) is 10.1. The van der Waals surface area contributed by atoms with Gasteiger partial charge in [0.1, 0.15) is 5.75 Å². The lowest BCUT2D eigenvalue weighted by atomic mass is 10.2. The summed E-state index contributed by atoms with van der Waals surface area (Å²) in [6.45, 7) is 5.56. The summed E-state index contributed by atoms with van der Waals surface area (Å²) in [5, 5.41) is 8.65. The molecule has 0 saturated carbocycles. The first kappa shape index (κ1) is 16.2. The highest BCUT2D eigenvalue weighted by Gasteiger charge is 2.14. The molecule has 0 aliphatic heterocycles. The average molecular weight is 373 g/mol. The minimum Gasteiger partial charge on any atom is -0.495 e. The lowest BCUT2D eigenvalue weighted by Gasteiger charge is -2.11. The van der Waals surface area contributed by atoms with Gasteiger partial charge in [0.2, 0.25) is 0 Å². The molecule has 0 radical (unpaired) electrons. The zero-order valence-electron chi connectivity index (χ0n) is 12.4. The fourth-order valence-electron chi connectivity index (χ4n) is 2.14. The lowest BCUT2D eigenvalue weighted by molar-refractivity contribution is 0.412. The SMILES string of the molecule is CCc1nn(CC)c(CNc2ccc(Br)c(OC)c2)c1Cl. The molecule has 1 N–H and O–H groups in total. The van der Waals surface area contributed by atoms with Gasteiger partial charge in [-0.3, -0.25) is 4.68 Å². The number of benzene rings is 1. The number of nitrogens with zero attached hydrogens (tertiary/aromatic N) is 2. The van der Waals surface area contributed by atoms with Crippen LogP contribution in [0.3, 0.4) is 0 Å². The van der Waals surface area contributed by atoms with Gasteiger partial charge in [0.05, 0.1) is 34.5 Å². The van der Waals surface area contributed by atoms with E-state index in [1.165, 1.54) is 0 Å². The van der Waals surface area contributed by atoms with Crippen LogP contribution in [0, 0.1) is 0 Å². The Hall–Kier alpha value is -1.20. The van der Waals surface area contributed by atoms with E-state index in [1.54, 1.807) is 7.11 Å². The van der Waals surface area contributed by atoms with E-state index in [2.05, 4.69) is 40.2 Å². The van der Waals surface area contributed by atoms with Crippen molar-refractivity contribution in [2.24, 2.45) is 0 Å². The van der Waals surface area contributed by atoms with Crippen molar-refractivity contribution < 1.29 is 4.74 Å². The number of nitrogens with one attached hydrogen (secondary N) is 1. The standard InChI is InChI=1S/C15H19BrClN3O/c1-4-12-15(17)13(20(5-2)19-12)9-18-10-6-7-11(16)14(8-10)21-3/h6-8,18H,4-5,9H2,1-3H3. The molecule has 2 rings (SSSR count). The van der Waals surface area contributed by atoms with Crippen molar-refractivity contribution in [2.45, 2.75) is 33.4 Å². The van der Waals surface area contributed by atoms with E-state index >= 15 is 0 Å². The number of aromatic nitrogens is 2. The highest BCUT2D eigenvalue weighted by atomic mass is 79.9. The topological polar surface area (TPSA) is 39.1 Å². The molecule has 6 heteroatoms. The maximum atomic E-state index is 6.40. The van der Waals surface area contributed by atoms with Crippen LogP contribution >= 0.6 is 27.5 Å². The summed E-state index contributed by atoms with van der Waals surface area (Å²) in [5.74, 6) is 0.796. The summed E-state index contributed by atoms with van der Waals surface area (Å²) in [6.07, 6.45) is 0.838. The fourth-order valence-corrected chi connectivity index (χ4v) is 2.89. The number of halogens is 2. The van der Waals surface area contributed by atoms with Crippen LogP contribution in [0.25, 0.3) is 0 Å². The number of hydrogen-bond acceptors (Lipinski definition) is 3. The number of ether oxygens (including phenoxy) is 1. The number of anilines is 1. The molecule has 1 aromatic heterocycles. The first-order valence-electron chi connectivity index (χ1n) is 6.92. The Morgan fingerprint density at radius 2 is 2.14 bits per heavy atom. The molecule has 0 unspecified atom stereocenters. The van der Waals surface area contributed by atoms with Crippen LogP contribution in [0.15, 0.2) is 22.7 Å². The van der Waals surface area contributed by atoms with E-state index in [1.807, 2.05) is 22.9 Å². The number of hydrogen-bond donors (Lipinski definition) is 1. The van der Waals surface area contributed by atoms with E-state index in [4.69, 9.17) is 16.3 Å². The summed E-state index contributed by atoms with van der Waals surface area (Å²) in [4.78, 5) is 0. The van der Waals surface area contributed by atoms with Gasteiger partial charge in [0, 0.05) is 18.3 Å². The van der Waals surface area contributed by atoms with Gasteiger partial charge in [0.15, 0.2) is 0 Å². The second-order valence-corrected chi connectivity index (χ2v) is 5.81. The molecule has 0 aliphatic rings. The minimum atomic E-state index is 0.629. The highest BCUT2D eigenvalue weighted by Crippen LogP contribution is 2.29. The van der Waals surface area contributed by atoms with E-state index in [9.17, 15) is 0 Å². The number of aryl methyl sites for hydroxylation is 2. The van der Waals surface area contributed by atoms with Crippen molar-refractivity contribution in [3.63, 3.8) is 0 Å². The van der Waals surface area contributed by atoms with Crippen LogP contribution in [0.2, 0.25) is 5.02 Å². The Bertz CT molecular complexity index is 628. The summed E-state index contributed by atoms with van der Waals surface area (Å²) in [6, 6.07) is 5.90. The van der Waals surface area contributed by atoms with Gasteiger partial charge in [-0.15, -0.1) is 0 Å². The van der Waals surface area contributed by atoms with E-state index in [0.717, 1.165) is 45.3 Å². The molecule has 0 aliphatic carbocycles. The maximum Gasteiger partial charge on any atom is 0.135 e. The molecule has 0 amide bonds. The molecule has 0 bridgehead atoms. The third kappa shape index (κ3) is 3.52. The van der Waals surface area contributed by atoms with Gasteiger partial charge in [-0.1, -0.05) is 18.5 Å². The van der Waals surface area contributed by atoms with E-state index in [0.29, 0.717) is 6.54 Å². The molecule has 114 valence electrons. The van der Waals surface area contributed by atoms with E-state index in [-0.39, 0.29) is 0 Å². The summed E-state index contributed by atoms with van der Waals surface area (Å²) < 4.78 is 8.18. The molecular formula is C15H19BrClN3O. The highest BCUT2D eigenvalue weighted by molar-refractivity contribution is 9.10. The Kier molecular flexibility index (Phi) is 5.53. The summed E-state index contributed by atoms with van der Waals surface area (Å²) >= 11 is 9.85. The molecule has 1 aromatic carbocycles. The molecule has 2 aromatic rings. The Labute approximate surface area is 138 Å². The molecule has 4 nitrogen and oxygen atoms in total. The van der Waals surface area contributed by atoms with Crippen molar-refractivity contribution in [1.82, 2.24) is 9.78 Å². The quantitative estimate of drug-likeness (QED) is 0.811. The van der Waals surface area contributed by atoms with Crippen LogP contribution in [-0.2, 0) is 19.5 Å². The Balaban J connectivity index is 2.18. The number of methoxy groups -OCH3 is 1. The van der Waals surface area contributed by atoms with Crippen molar-refractivity contribution in [3.05, 3.63) is 39.1 Å². The molecule has 0 atom stereocenters. The third-order valence-electron chi connectivity index (χ3n) is 3.31. The Morgan fingerprint density at radius 3 is 2.76 bits per heavy atom. The van der Waals surface area contributed by atoms with Crippen molar-refractivity contribution in [3.8, 4) is 5.75 Å². The molecule has 0 fully saturated rings. The van der Waals surface area contributed by atoms with Gasteiger partial charge < -0.3 is 10.1 Å². The summed E-state index contributed by atoms with van der Waals surface area (Å²) in [5.41, 5.74) is 2.94. The molecule has 0 saturated heterocycles. The van der Waals surface area contributed by atoms with Crippen LogP contribution < -0.4 is 10.1 Å². The van der Waals surface area contributed by atoms with Crippen molar-refractivity contribution in [2.75, 3.05) is 12.4 Å². The smallest absolute Gasteiger partial charge is 0.135 e. The summed E-state index contributed by atoms with van der Waals surface area (Å²) in [7, 11) is 1.65. The number of rotatable bonds is 6. The maximum absolute atomic E-state index is 6.40. The van der Waals surface area contributed by atoms with Crippen LogP contribution in [-0.4, -0.2) is 16.9 Å². The Morgan fingerprint density at radius 1 is 1.38 bits per heavy atom. The second-order valence-electron chi connectivity index (χ2n) is 4.58. The molecule has 0 spiro atoms. The van der Waals surface area contributed by atoms with Gasteiger partial charge in [-0.25, -0.2) is 0 Å². The van der Waals surface area contributed by atoms with Gasteiger partial charge in [-0.2, -0.15) is 5.10 Å². The fraction of sp³-hybridized carbons (Fsp3) is 0.400. The molecule has 1 heterocycles. The predicted octanol–water partition coefficient (Wildman–Crippen LogP) is 4.50. The largest absolute Gasteiger partial charge is 0.495 e. The van der Waals surface area contributed by atoms with Gasteiger partial charge >= 0.3 is 0 Å². The monoisotopic (exact) mass is 371 g/mol. The second kappa shape index (κ2) is 7.18. The van der Waals surface area contributed by atoms with Crippen molar-refractivity contribution >= 4 is 33.2 Å². The van der Waals surface area contributed by atoms with Crippen molar-refractivity contribution in [1.29, 1.82) is 0 Å². The normalized spacial score (nSPS) is 10.7. The van der Waals surface area contributed by atoms with Crippen LogP contribution in [0.5, 0.6) is 5.75 Å². The average Bonchev–Trinajstić information content (AvgIpc) is 2.82.